The molecule has 1 aliphatic rings. The van der Waals surface area contributed by atoms with E-state index in [-0.39, 0.29) is 13.0 Å². The lowest BCUT2D eigenvalue weighted by Crippen LogP contribution is -2.59. The number of benzene rings is 1. The van der Waals surface area contributed by atoms with Crippen molar-refractivity contribution in [1.82, 2.24) is 10.6 Å². The third-order valence-electron chi connectivity index (χ3n) is 3.74. The van der Waals surface area contributed by atoms with Crippen molar-refractivity contribution in [3.05, 3.63) is 35.6 Å². The Morgan fingerprint density at radius 3 is 2.32 bits per heavy atom. The first-order valence-corrected chi connectivity index (χ1v) is 7.01. The fourth-order valence-electron chi connectivity index (χ4n) is 2.24. The number of hydrogen-bond donors (Lipinski definition) is 3. The molecule has 2 amide bonds. The van der Waals surface area contributed by atoms with Crippen LogP contribution in [-0.4, -0.2) is 35.0 Å². The van der Waals surface area contributed by atoms with Gasteiger partial charge in [-0.2, -0.15) is 0 Å². The third kappa shape index (κ3) is 3.60. The molecule has 3 N–H and O–H groups in total. The molecule has 22 heavy (non-hydrogen) atoms. The van der Waals surface area contributed by atoms with Gasteiger partial charge in [0.15, 0.2) is 0 Å². The molecule has 2 rings (SSSR count). The fourth-order valence-corrected chi connectivity index (χ4v) is 2.24. The van der Waals surface area contributed by atoms with E-state index in [4.69, 9.17) is 5.11 Å². The van der Waals surface area contributed by atoms with Crippen LogP contribution in [0.5, 0.6) is 0 Å². The van der Waals surface area contributed by atoms with Crippen LogP contribution in [0.4, 0.5) is 4.39 Å². The van der Waals surface area contributed by atoms with Crippen LogP contribution in [-0.2, 0) is 9.59 Å². The highest BCUT2D eigenvalue weighted by atomic mass is 19.1. The van der Waals surface area contributed by atoms with Crippen LogP contribution in [0.2, 0.25) is 0 Å². The molecule has 0 aliphatic heterocycles. The zero-order valence-corrected chi connectivity index (χ0v) is 11.9. The van der Waals surface area contributed by atoms with Crippen LogP contribution < -0.4 is 10.6 Å². The molecule has 1 saturated carbocycles. The monoisotopic (exact) mass is 308 g/mol. The summed E-state index contributed by atoms with van der Waals surface area (Å²) < 4.78 is 12.7. The number of carboxylic acids is 1. The van der Waals surface area contributed by atoms with Crippen molar-refractivity contribution in [1.29, 1.82) is 0 Å². The zero-order chi connectivity index (χ0) is 16.2. The molecule has 1 aromatic carbocycles. The minimum atomic E-state index is -1.14. The Bertz CT molecular complexity index is 582. The highest BCUT2D eigenvalue weighted by Gasteiger charge is 2.45. The number of hydrogen-bond acceptors (Lipinski definition) is 3. The third-order valence-corrected chi connectivity index (χ3v) is 3.74. The number of rotatable bonds is 6. The number of aliphatic carboxylic acids is 1. The first-order valence-electron chi connectivity index (χ1n) is 7.01. The van der Waals surface area contributed by atoms with Gasteiger partial charge in [-0.25, -0.2) is 9.18 Å². The van der Waals surface area contributed by atoms with E-state index >= 15 is 0 Å². The van der Waals surface area contributed by atoms with Gasteiger partial charge in [0.2, 0.25) is 5.91 Å². The van der Waals surface area contributed by atoms with E-state index < -0.39 is 29.1 Å². The van der Waals surface area contributed by atoms with Crippen molar-refractivity contribution in [2.24, 2.45) is 0 Å². The lowest BCUT2D eigenvalue weighted by molar-refractivity contribution is -0.151. The maximum Gasteiger partial charge on any atom is 0.329 e. The Morgan fingerprint density at radius 2 is 1.82 bits per heavy atom. The molecule has 7 heteroatoms. The van der Waals surface area contributed by atoms with E-state index in [1.54, 1.807) is 0 Å². The lowest BCUT2D eigenvalue weighted by Gasteiger charge is -2.38. The van der Waals surface area contributed by atoms with Crippen molar-refractivity contribution in [3.63, 3.8) is 0 Å². The smallest absolute Gasteiger partial charge is 0.329 e. The van der Waals surface area contributed by atoms with Crippen molar-refractivity contribution in [2.45, 2.75) is 31.2 Å². The van der Waals surface area contributed by atoms with Gasteiger partial charge in [-0.05, 0) is 43.5 Å². The van der Waals surface area contributed by atoms with Gasteiger partial charge in [0.05, 0.1) is 0 Å². The molecule has 0 atom stereocenters. The van der Waals surface area contributed by atoms with Crippen LogP contribution in [0, 0.1) is 5.82 Å². The Morgan fingerprint density at radius 1 is 1.18 bits per heavy atom. The Kier molecular flexibility index (Phi) is 4.75. The summed E-state index contributed by atoms with van der Waals surface area (Å²) in [5.41, 5.74) is -0.847. The molecular weight excluding hydrogens is 291 g/mol. The average Bonchev–Trinajstić information content (AvgIpc) is 2.43. The fraction of sp³-hybridized carbons (Fsp3) is 0.400. The molecule has 1 fully saturated rings. The predicted molar refractivity (Wildman–Crippen MR) is 75.7 cm³/mol. The molecule has 0 aromatic heterocycles. The Labute approximate surface area is 126 Å². The first-order chi connectivity index (χ1) is 10.4. The van der Waals surface area contributed by atoms with Gasteiger partial charge in [0.1, 0.15) is 11.4 Å². The van der Waals surface area contributed by atoms with Crippen LogP contribution in [0.15, 0.2) is 24.3 Å². The summed E-state index contributed by atoms with van der Waals surface area (Å²) in [5, 5.41) is 14.1. The molecule has 1 aromatic rings. The molecule has 0 radical (unpaired) electrons. The molecule has 118 valence electrons. The summed E-state index contributed by atoms with van der Waals surface area (Å²) >= 11 is 0. The van der Waals surface area contributed by atoms with Gasteiger partial charge < -0.3 is 15.7 Å². The van der Waals surface area contributed by atoms with Crippen LogP contribution in [0.3, 0.4) is 0 Å². The molecule has 1 aliphatic carbocycles. The van der Waals surface area contributed by atoms with Crippen molar-refractivity contribution in [3.8, 4) is 0 Å². The Hall–Kier alpha value is -2.44. The van der Waals surface area contributed by atoms with E-state index in [2.05, 4.69) is 10.6 Å². The molecule has 0 saturated heterocycles. The summed E-state index contributed by atoms with van der Waals surface area (Å²) in [5.74, 6) is -2.29. The minimum Gasteiger partial charge on any atom is -0.480 e. The maximum absolute atomic E-state index is 12.7. The van der Waals surface area contributed by atoms with Crippen LogP contribution >= 0.6 is 0 Å². The van der Waals surface area contributed by atoms with Crippen LogP contribution in [0.1, 0.15) is 36.0 Å². The highest BCUT2D eigenvalue weighted by Crippen LogP contribution is 2.31. The van der Waals surface area contributed by atoms with E-state index in [0.717, 1.165) is 6.42 Å². The molecule has 0 unspecified atom stereocenters. The second-order valence-corrected chi connectivity index (χ2v) is 5.30. The summed E-state index contributed by atoms with van der Waals surface area (Å²) in [7, 11) is 0. The van der Waals surface area contributed by atoms with Crippen LogP contribution in [0.25, 0.3) is 0 Å². The molecular formula is C15H17FN2O4. The average molecular weight is 308 g/mol. The second-order valence-electron chi connectivity index (χ2n) is 5.30. The van der Waals surface area contributed by atoms with Gasteiger partial charge in [-0.1, -0.05) is 0 Å². The van der Waals surface area contributed by atoms with E-state index in [0.29, 0.717) is 18.4 Å². The van der Waals surface area contributed by atoms with E-state index in [9.17, 15) is 18.8 Å². The summed E-state index contributed by atoms with van der Waals surface area (Å²) in [6, 6.07) is 5.04. The second kappa shape index (κ2) is 6.55. The topological polar surface area (TPSA) is 95.5 Å². The summed E-state index contributed by atoms with van der Waals surface area (Å²) in [6.45, 7) is 0.0811. The van der Waals surface area contributed by atoms with Crippen molar-refractivity contribution < 1.29 is 23.9 Å². The summed E-state index contributed by atoms with van der Waals surface area (Å²) in [4.78, 5) is 34.6. The molecule has 0 bridgehead atoms. The number of carbonyl (C=O) groups is 3. The summed E-state index contributed by atoms with van der Waals surface area (Å²) in [6.07, 6.45) is 1.61. The van der Waals surface area contributed by atoms with Gasteiger partial charge in [0.25, 0.3) is 5.91 Å². The van der Waals surface area contributed by atoms with Crippen molar-refractivity contribution in [2.75, 3.05) is 6.54 Å². The molecule has 0 heterocycles. The zero-order valence-electron chi connectivity index (χ0n) is 11.9. The number of halogens is 1. The van der Waals surface area contributed by atoms with Gasteiger partial charge in [-0.3, -0.25) is 9.59 Å². The number of amides is 2. The lowest BCUT2D eigenvalue weighted by atomic mass is 9.76. The number of carboxylic acid groups (broad SMARTS) is 1. The highest BCUT2D eigenvalue weighted by molar-refractivity contribution is 5.94. The normalized spacial score (nSPS) is 15.5. The predicted octanol–water partition coefficient (Wildman–Crippen LogP) is 1.07. The maximum atomic E-state index is 12.7. The number of nitrogens with one attached hydrogen (secondary N) is 2. The molecule has 0 spiro atoms. The van der Waals surface area contributed by atoms with Gasteiger partial charge >= 0.3 is 5.97 Å². The van der Waals surface area contributed by atoms with E-state index in [1.165, 1.54) is 24.3 Å². The molecule has 6 nitrogen and oxygen atoms in total. The van der Waals surface area contributed by atoms with Gasteiger partial charge in [0, 0.05) is 18.5 Å². The van der Waals surface area contributed by atoms with Crippen molar-refractivity contribution >= 4 is 17.8 Å². The standard InChI is InChI=1S/C15H17FN2O4/c16-11-4-2-10(3-5-11)13(20)17-9-6-12(19)18-15(14(21)22)7-1-8-15/h2-5H,1,6-9H2,(H,17,20)(H,18,19)(H,21,22). The Balaban J connectivity index is 1.76. The van der Waals surface area contributed by atoms with Gasteiger partial charge in [-0.15, -0.1) is 0 Å². The van der Waals surface area contributed by atoms with E-state index in [1.807, 2.05) is 0 Å². The largest absolute Gasteiger partial charge is 0.480 e. The minimum absolute atomic E-state index is 0.0119. The number of carbonyl (C=O) groups excluding carboxylic acids is 2. The quantitative estimate of drug-likeness (QED) is 0.732. The first kappa shape index (κ1) is 15.9. The SMILES string of the molecule is O=C(CCNC(=O)c1ccc(F)cc1)NC1(C(=O)O)CCC1.